The lowest BCUT2D eigenvalue weighted by Gasteiger charge is -2.20. The summed E-state index contributed by atoms with van der Waals surface area (Å²) >= 11 is 0. The van der Waals surface area contributed by atoms with Crippen LogP contribution in [0.1, 0.15) is 6.42 Å². The van der Waals surface area contributed by atoms with Gasteiger partial charge in [-0.15, -0.1) is 0 Å². The molecule has 0 radical (unpaired) electrons. The van der Waals surface area contributed by atoms with Crippen LogP contribution in [0.15, 0.2) is 0 Å². The Hall–Kier alpha value is -0.920. The van der Waals surface area contributed by atoms with E-state index in [0.29, 0.717) is 0 Å². The van der Waals surface area contributed by atoms with Gasteiger partial charge in [-0.1, -0.05) is 0 Å². The van der Waals surface area contributed by atoms with E-state index in [4.69, 9.17) is 5.11 Å². The van der Waals surface area contributed by atoms with Gasteiger partial charge in [0.15, 0.2) is 0 Å². The van der Waals surface area contributed by atoms with Crippen molar-refractivity contribution in [2.45, 2.75) is 24.6 Å². The van der Waals surface area contributed by atoms with E-state index < -0.39 is 30.5 Å². The Morgan fingerprint density at radius 3 is 1.92 bits per heavy atom. The minimum atomic E-state index is -5.76. The van der Waals surface area contributed by atoms with Gasteiger partial charge in [0.2, 0.25) is 0 Å². The molecule has 0 saturated heterocycles. The number of rotatable bonds is 3. The van der Waals surface area contributed by atoms with Crippen LogP contribution in [0.3, 0.4) is 0 Å². The molecule has 8 heteroatoms. The third-order valence-corrected chi connectivity index (χ3v) is 1.21. The van der Waals surface area contributed by atoms with Gasteiger partial charge < -0.3 is 10.8 Å². The van der Waals surface area contributed by atoms with E-state index in [-0.39, 0.29) is 0 Å². The molecule has 0 aromatic rings. The van der Waals surface area contributed by atoms with Gasteiger partial charge in [-0.3, -0.25) is 4.79 Å². The minimum absolute atomic E-state index is 1.90. The molecule has 0 bridgehead atoms. The van der Waals surface area contributed by atoms with Gasteiger partial charge in [0, 0.05) is 6.42 Å². The number of alkyl halides is 5. The lowest BCUT2D eigenvalue weighted by atomic mass is 10.1. The van der Waals surface area contributed by atoms with Crippen LogP contribution in [-0.4, -0.2) is 29.2 Å². The highest BCUT2D eigenvalue weighted by Crippen LogP contribution is 2.38. The second kappa shape index (κ2) is 3.44. The molecule has 0 aliphatic heterocycles. The Balaban J connectivity index is 4.43. The summed E-state index contributed by atoms with van der Waals surface area (Å²) in [6, 6.07) is -2.23. The average molecular weight is 207 g/mol. The molecular formula is C5H6F5NO2. The third kappa shape index (κ3) is 3.13. The summed E-state index contributed by atoms with van der Waals surface area (Å²) in [5, 5.41) is 7.99. The van der Waals surface area contributed by atoms with E-state index in [9.17, 15) is 26.7 Å². The molecule has 0 aliphatic rings. The highest BCUT2D eigenvalue weighted by molar-refractivity contribution is 5.73. The SMILES string of the molecule is N[C@H](CC(F)(F)C(F)(F)F)C(=O)O. The Morgan fingerprint density at radius 2 is 1.69 bits per heavy atom. The highest BCUT2D eigenvalue weighted by atomic mass is 19.4. The fourth-order valence-corrected chi connectivity index (χ4v) is 0.479. The molecule has 0 fully saturated rings. The molecule has 0 spiro atoms. The second-order valence-corrected chi connectivity index (χ2v) is 2.35. The number of hydrogen-bond acceptors (Lipinski definition) is 2. The molecule has 3 nitrogen and oxygen atoms in total. The van der Waals surface area contributed by atoms with Crippen molar-refractivity contribution < 1.29 is 31.9 Å². The topological polar surface area (TPSA) is 63.3 Å². The molecule has 0 aliphatic carbocycles. The monoisotopic (exact) mass is 207 g/mol. The molecule has 0 amide bonds. The molecule has 0 unspecified atom stereocenters. The van der Waals surface area contributed by atoms with Gasteiger partial charge in [0.25, 0.3) is 0 Å². The quantitative estimate of drug-likeness (QED) is 0.678. The number of nitrogens with two attached hydrogens (primary N) is 1. The van der Waals surface area contributed by atoms with Crippen LogP contribution in [-0.2, 0) is 4.79 Å². The van der Waals surface area contributed by atoms with Crippen LogP contribution in [0.25, 0.3) is 0 Å². The van der Waals surface area contributed by atoms with E-state index in [0.717, 1.165) is 0 Å². The van der Waals surface area contributed by atoms with Crippen molar-refractivity contribution in [3.63, 3.8) is 0 Å². The third-order valence-electron chi connectivity index (χ3n) is 1.21. The van der Waals surface area contributed by atoms with E-state index in [1.165, 1.54) is 0 Å². The maximum absolute atomic E-state index is 12.1. The first kappa shape index (κ1) is 12.1. The largest absolute Gasteiger partial charge is 0.480 e. The molecule has 13 heavy (non-hydrogen) atoms. The van der Waals surface area contributed by atoms with Crippen molar-refractivity contribution in [3.05, 3.63) is 0 Å². The lowest BCUT2D eigenvalue weighted by Crippen LogP contribution is -2.44. The molecule has 0 heterocycles. The summed E-state index contributed by atoms with van der Waals surface area (Å²) < 4.78 is 58.5. The summed E-state index contributed by atoms with van der Waals surface area (Å²) in [7, 11) is 0. The van der Waals surface area contributed by atoms with Crippen molar-refractivity contribution in [1.29, 1.82) is 0 Å². The molecule has 0 aromatic heterocycles. The van der Waals surface area contributed by atoms with Crippen molar-refractivity contribution in [2.24, 2.45) is 5.73 Å². The van der Waals surface area contributed by atoms with E-state index in [2.05, 4.69) is 5.73 Å². The minimum Gasteiger partial charge on any atom is -0.480 e. The predicted molar refractivity (Wildman–Crippen MR) is 31.2 cm³/mol. The van der Waals surface area contributed by atoms with Gasteiger partial charge in [0.1, 0.15) is 6.04 Å². The second-order valence-electron chi connectivity index (χ2n) is 2.35. The fourth-order valence-electron chi connectivity index (χ4n) is 0.479. The molecule has 0 aromatic carbocycles. The predicted octanol–water partition coefficient (Wildman–Crippen LogP) is 0.986. The Labute approximate surface area is 69.3 Å². The number of aliphatic carboxylic acids is 1. The van der Waals surface area contributed by atoms with Crippen LogP contribution in [0.2, 0.25) is 0 Å². The summed E-state index contributed by atoms with van der Waals surface area (Å²) in [6.45, 7) is 0. The van der Waals surface area contributed by atoms with Crippen LogP contribution >= 0.6 is 0 Å². The highest BCUT2D eigenvalue weighted by Gasteiger charge is 2.58. The molecule has 3 N–H and O–H groups in total. The van der Waals surface area contributed by atoms with E-state index in [1.807, 2.05) is 0 Å². The number of carboxylic acids is 1. The number of hydrogen-bond donors (Lipinski definition) is 2. The average Bonchev–Trinajstić information content (AvgIpc) is 1.83. The summed E-state index contributed by atoms with van der Waals surface area (Å²) in [4.78, 5) is 9.88. The van der Waals surface area contributed by atoms with E-state index in [1.54, 1.807) is 0 Å². The first-order valence-electron chi connectivity index (χ1n) is 3.01. The summed E-state index contributed by atoms with van der Waals surface area (Å²) in [5.41, 5.74) is 4.52. The fraction of sp³-hybridized carbons (Fsp3) is 0.800. The number of carbonyl (C=O) groups is 1. The van der Waals surface area contributed by atoms with Gasteiger partial charge in [-0.25, -0.2) is 0 Å². The van der Waals surface area contributed by atoms with Crippen LogP contribution in [0.5, 0.6) is 0 Å². The van der Waals surface area contributed by atoms with E-state index >= 15 is 0 Å². The number of halogens is 5. The normalized spacial score (nSPS) is 15.5. The first-order chi connectivity index (χ1) is 5.58. The molecule has 1 atom stereocenters. The molecular weight excluding hydrogens is 201 g/mol. The van der Waals surface area contributed by atoms with Gasteiger partial charge in [0.05, 0.1) is 0 Å². The maximum atomic E-state index is 12.1. The Kier molecular flexibility index (Phi) is 3.20. The van der Waals surface area contributed by atoms with Crippen LogP contribution < -0.4 is 5.73 Å². The zero-order valence-electron chi connectivity index (χ0n) is 6.11. The van der Waals surface area contributed by atoms with Crippen LogP contribution in [0.4, 0.5) is 22.0 Å². The molecule has 78 valence electrons. The zero-order chi connectivity index (χ0) is 10.9. The molecule has 0 saturated carbocycles. The van der Waals surface area contributed by atoms with Gasteiger partial charge in [-0.05, 0) is 0 Å². The number of carboxylic acid groups (broad SMARTS) is 1. The maximum Gasteiger partial charge on any atom is 0.453 e. The van der Waals surface area contributed by atoms with Crippen molar-refractivity contribution in [3.8, 4) is 0 Å². The van der Waals surface area contributed by atoms with Crippen molar-refractivity contribution in [2.75, 3.05) is 0 Å². The Morgan fingerprint density at radius 1 is 1.31 bits per heavy atom. The Bertz CT molecular complexity index is 202. The van der Waals surface area contributed by atoms with Crippen molar-refractivity contribution >= 4 is 5.97 Å². The lowest BCUT2D eigenvalue weighted by molar-refractivity contribution is -0.285. The van der Waals surface area contributed by atoms with Gasteiger partial charge in [-0.2, -0.15) is 22.0 Å². The standard InChI is InChI=1S/C5H6F5NO2/c6-4(7,5(8,9)10)1-2(11)3(12)13/h2H,1,11H2,(H,12,13)/t2-/m1/s1. The van der Waals surface area contributed by atoms with Crippen LogP contribution in [0, 0.1) is 0 Å². The summed E-state index contributed by atoms with van der Waals surface area (Å²) in [6.07, 6.45) is -7.72. The van der Waals surface area contributed by atoms with Crippen molar-refractivity contribution in [1.82, 2.24) is 0 Å². The summed E-state index contributed by atoms with van der Waals surface area (Å²) in [5.74, 6) is -6.96. The molecule has 0 rings (SSSR count). The smallest absolute Gasteiger partial charge is 0.453 e. The first-order valence-corrected chi connectivity index (χ1v) is 3.01. The van der Waals surface area contributed by atoms with Gasteiger partial charge >= 0.3 is 18.1 Å². The zero-order valence-corrected chi connectivity index (χ0v) is 6.11.